The van der Waals surface area contributed by atoms with Crippen LogP contribution in [-0.2, 0) is 0 Å². The zero-order valence-electron chi connectivity index (χ0n) is 10.4. The summed E-state index contributed by atoms with van der Waals surface area (Å²) in [6, 6.07) is 7.25. The van der Waals surface area contributed by atoms with Crippen LogP contribution in [0.2, 0.25) is 0 Å². The van der Waals surface area contributed by atoms with Crippen LogP contribution in [0.3, 0.4) is 0 Å². The topological polar surface area (TPSA) is 135 Å². The van der Waals surface area contributed by atoms with E-state index in [1.807, 2.05) is 0 Å². The van der Waals surface area contributed by atoms with Crippen LogP contribution in [0.4, 0.5) is 5.88 Å². The Morgan fingerprint density at radius 3 is 2.86 bits per heavy atom. The minimum absolute atomic E-state index is 0.000348. The number of amides is 1. The molecule has 0 aliphatic carbocycles. The number of hydrogen-bond donors (Lipinski definition) is 0. The van der Waals surface area contributed by atoms with Crippen molar-refractivity contribution in [3.05, 3.63) is 68.0 Å². The van der Waals surface area contributed by atoms with Crippen molar-refractivity contribution >= 4 is 23.9 Å². The van der Waals surface area contributed by atoms with Crippen LogP contribution in [0, 0.1) is 10.1 Å². The first kappa shape index (κ1) is 14.0. The highest BCUT2D eigenvalue weighted by atomic mass is 16.6. The molecule has 2 aromatic heterocycles. The summed E-state index contributed by atoms with van der Waals surface area (Å²) in [5.74, 6) is -0.883. The van der Waals surface area contributed by atoms with Gasteiger partial charge >= 0.3 is 5.88 Å². The molecule has 0 atom stereocenters. The first-order valence-corrected chi connectivity index (χ1v) is 5.59. The maximum atomic E-state index is 11.3. The fourth-order valence-electron chi connectivity index (χ4n) is 1.45. The number of rotatable bonds is 4. The molecule has 9 heteroatoms. The normalized spacial score (nSPS) is 10.3. The zero-order chi connectivity index (χ0) is 15.2. The van der Waals surface area contributed by atoms with Crippen LogP contribution in [0.1, 0.15) is 21.9 Å². The van der Waals surface area contributed by atoms with Crippen LogP contribution < -0.4 is 0 Å². The average molecular weight is 285 g/mol. The monoisotopic (exact) mass is 285 g/mol. The number of carbonyl (C=O) groups excluding carboxylic acids is 1. The third-order valence-corrected chi connectivity index (χ3v) is 2.34. The molecule has 0 radical (unpaired) electrons. The Balaban J connectivity index is 2.20. The summed E-state index contributed by atoms with van der Waals surface area (Å²) < 4.78 is 4.94. The van der Waals surface area contributed by atoms with Crippen molar-refractivity contribution in [2.24, 2.45) is 5.11 Å². The lowest BCUT2D eigenvalue weighted by atomic mass is 10.2. The van der Waals surface area contributed by atoms with Crippen LogP contribution in [0.15, 0.2) is 39.9 Å². The minimum atomic E-state index is -0.790. The Kier molecular flexibility index (Phi) is 4.08. The first-order valence-electron chi connectivity index (χ1n) is 5.59. The minimum Gasteiger partial charge on any atom is -0.401 e. The summed E-state index contributed by atoms with van der Waals surface area (Å²) in [6.07, 6.45) is 2.98. The number of nitrogens with zero attached hydrogens (tertiary/aromatic N) is 5. The van der Waals surface area contributed by atoms with Crippen LogP contribution in [-0.4, -0.2) is 15.8 Å². The second kappa shape index (κ2) is 6.13. The maximum absolute atomic E-state index is 11.3. The lowest BCUT2D eigenvalue weighted by molar-refractivity contribution is -0.402. The molecule has 0 aromatic carbocycles. The molecule has 0 fully saturated rings. The van der Waals surface area contributed by atoms with Crippen molar-refractivity contribution in [2.45, 2.75) is 0 Å². The van der Waals surface area contributed by atoms with Gasteiger partial charge in [0, 0.05) is 4.91 Å². The molecular formula is C12H7N5O4. The number of furan rings is 1. The van der Waals surface area contributed by atoms with Crippen LogP contribution in [0.5, 0.6) is 0 Å². The predicted octanol–water partition coefficient (Wildman–Crippen LogP) is 3.20. The van der Waals surface area contributed by atoms with Gasteiger partial charge < -0.3 is 4.42 Å². The number of nitro groups is 1. The third kappa shape index (κ3) is 3.52. The summed E-state index contributed by atoms with van der Waals surface area (Å²) in [4.78, 5) is 27.5. The number of azide groups is 1. The van der Waals surface area contributed by atoms with Gasteiger partial charge in [0.15, 0.2) is 0 Å². The summed E-state index contributed by atoms with van der Waals surface area (Å²) in [5, 5.41) is 13.4. The molecule has 2 aromatic rings. The second-order valence-electron chi connectivity index (χ2n) is 3.71. The van der Waals surface area contributed by atoms with Gasteiger partial charge in [-0.25, -0.2) is 4.98 Å². The van der Waals surface area contributed by atoms with Crippen molar-refractivity contribution in [3.63, 3.8) is 0 Å². The molecule has 104 valence electrons. The van der Waals surface area contributed by atoms with Gasteiger partial charge in [-0.05, 0) is 41.0 Å². The SMILES string of the molecule is [N-]=[N+]=NC(=O)c1cccc(C=Cc2ccc([N+](=O)[O-])o2)n1. The highest BCUT2D eigenvalue weighted by molar-refractivity contribution is 5.93. The lowest BCUT2D eigenvalue weighted by Crippen LogP contribution is -1.98. The molecule has 2 rings (SSSR count). The van der Waals surface area contributed by atoms with Crippen molar-refractivity contribution < 1.29 is 14.1 Å². The lowest BCUT2D eigenvalue weighted by Gasteiger charge is -1.96. The van der Waals surface area contributed by atoms with E-state index < -0.39 is 10.8 Å². The molecule has 0 spiro atoms. The third-order valence-electron chi connectivity index (χ3n) is 2.34. The molecular weight excluding hydrogens is 278 g/mol. The molecule has 0 N–H and O–H groups in total. The Morgan fingerprint density at radius 1 is 1.38 bits per heavy atom. The van der Waals surface area contributed by atoms with Gasteiger partial charge in [0.2, 0.25) is 0 Å². The summed E-state index contributed by atoms with van der Waals surface area (Å²) in [7, 11) is 0. The van der Waals surface area contributed by atoms with Gasteiger partial charge in [-0.3, -0.25) is 14.9 Å². The molecule has 0 aliphatic rings. The molecule has 0 saturated carbocycles. The molecule has 0 saturated heterocycles. The number of carbonyl (C=O) groups is 1. The smallest absolute Gasteiger partial charge is 0.401 e. The van der Waals surface area contributed by atoms with E-state index in [1.54, 1.807) is 12.1 Å². The Labute approximate surface area is 117 Å². The number of pyridine rings is 1. The van der Waals surface area contributed by atoms with Crippen molar-refractivity contribution in [1.29, 1.82) is 0 Å². The zero-order valence-corrected chi connectivity index (χ0v) is 10.4. The first-order chi connectivity index (χ1) is 10.1. The van der Waals surface area contributed by atoms with E-state index in [-0.39, 0.29) is 17.3 Å². The Morgan fingerprint density at radius 2 is 2.19 bits per heavy atom. The van der Waals surface area contributed by atoms with Gasteiger partial charge in [-0.1, -0.05) is 6.07 Å². The molecule has 9 nitrogen and oxygen atoms in total. The highest BCUT2D eigenvalue weighted by Gasteiger charge is 2.10. The van der Waals surface area contributed by atoms with Gasteiger partial charge in [-0.2, -0.15) is 0 Å². The Bertz CT molecular complexity index is 773. The van der Waals surface area contributed by atoms with E-state index >= 15 is 0 Å². The van der Waals surface area contributed by atoms with Gasteiger partial charge in [0.1, 0.15) is 16.4 Å². The van der Waals surface area contributed by atoms with E-state index in [4.69, 9.17) is 9.95 Å². The molecule has 2 heterocycles. The second-order valence-corrected chi connectivity index (χ2v) is 3.71. The Hall–Kier alpha value is -3.45. The summed E-state index contributed by atoms with van der Waals surface area (Å²) in [5.41, 5.74) is 8.61. The maximum Gasteiger partial charge on any atom is 0.433 e. The van der Waals surface area contributed by atoms with Gasteiger partial charge in [0.25, 0.3) is 5.91 Å². The van der Waals surface area contributed by atoms with E-state index in [0.29, 0.717) is 5.69 Å². The molecule has 21 heavy (non-hydrogen) atoms. The van der Waals surface area contributed by atoms with E-state index in [9.17, 15) is 14.9 Å². The fourth-order valence-corrected chi connectivity index (χ4v) is 1.45. The average Bonchev–Trinajstić information content (AvgIpc) is 2.95. The fraction of sp³-hybridized carbons (Fsp3) is 0. The van der Waals surface area contributed by atoms with Gasteiger partial charge in [-0.15, -0.1) is 0 Å². The summed E-state index contributed by atoms with van der Waals surface area (Å²) >= 11 is 0. The van der Waals surface area contributed by atoms with Crippen molar-refractivity contribution in [3.8, 4) is 0 Å². The van der Waals surface area contributed by atoms with Crippen molar-refractivity contribution in [1.82, 2.24) is 4.98 Å². The van der Waals surface area contributed by atoms with E-state index in [2.05, 4.69) is 15.0 Å². The highest BCUT2D eigenvalue weighted by Crippen LogP contribution is 2.17. The number of hydrogen-bond acceptors (Lipinski definition) is 5. The van der Waals surface area contributed by atoms with E-state index in [0.717, 1.165) is 0 Å². The predicted molar refractivity (Wildman–Crippen MR) is 72.0 cm³/mol. The largest absolute Gasteiger partial charge is 0.433 e. The van der Waals surface area contributed by atoms with E-state index in [1.165, 1.54) is 30.4 Å². The van der Waals surface area contributed by atoms with Crippen LogP contribution >= 0.6 is 0 Å². The quantitative estimate of drug-likeness (QED) is 0.279. The molecule has 0 aliphatic heterocycles. The standard InChI is InChI=1S/C12H7N5O4/c13-16-15-12(18)10-3-1-2-8(14-10)4-5-9-6-7-11(21-9)17(19)20/h1-7H. The van der Waals surface area contributed by atoms with Crippen LogP contribution in [0.25, 0.3) is 22.6 Å². The molecule has 0 unspecified atom stereocenters. The molecule has 1 amide bonds. The van der Waals surface area contributed by atoms with Gasteiger partial charge in [0.05, 0.1) is 11.8 Å². The van der Waals surface area contributed by atoms with Crippen molar-refractivity contribution in [2.75, 3.05) is 0 Å². The molecule has 0 bridgehead atoms. The summed E-state index contributed by atoms with van der Waals surface area (Å²) in [6.45, 7) is 0. The number of aromatic nitrogens is 1.